The first kappa shape index (κ1) is 28.8. The van der Waals surface area contributed by atoms with Crippen molar-refractivity contribution in [1.29, 1.82) is 0 Å². The second kappa shape index (κ2) is 13.6. The van der Waals surface area contributed by atoms with Crippen molar-refractivity contribution >= 4 is 5.70 Å². The summed E-state index contributed by atoms with van der Waals surface area (Å²) in [6.07, 6.45) is 6.65. The van der Waals surface area contributed by atoms with Crippen LogP contribution in [-0.4, -0.2) is 78.2 Å². The van der Waals surface area contributed by atoms with E-state index in [1.807, 2.05) is 19.9 Å². The number of likely N-dealkylation sites (N-methyl/N-ethyl adjacent to an activating group) is 1. The monoisotopic (exact) mass is 487 g/mol. The molecule has 3 rings (SSSR count). The Morgan fingerprint density at radius 1 is 1.09 bits per heavy atom. The zero-order chi connectivity index (χ0) is 26.0. The van der Waals surface area contributed by atoms with Gasteiger partial charge in [-0.15, -0.1) is 0 Å². The number of phenols is 1. The van der Waals surface area contributed by atoms with Crippen molar-refractivity contribution in [2.24, 2.45) is 28.9 Å². The molecular formula is C27H49N7O. The normalized spacial score (nSPS) is 19.0. The number of phenolic OH excluding ortho intramolecular Hbond substituents is 1. The zero-order valence-corrected chi connectivity index (χ0v) is 22.3. The van der Waals surface area contributed by atoms with Gasteiger partial charge in [-0.3, -0.25) is 9.80 Å². The highest BCUT2D eigenvalue weighted by Crippen LogP contribution is 2.34. The summed E-state index contributed by atoms with van der Waals surface area (Å²) in [4.78, 5) is 7.29. The molecule has 1 atom stereocenters. The second-order valence-corrected chi connectivity index (χ2v) is 9.78. The van der Waals surface area contributed by atoms with Crippen LogP contribution in [0.5, 0.6) is 5.75 Å². The number of benzene rings is 1. The predicted molar refractivity (Wildman–Crippen MR) is 147 cm³/mol. The fraction of sp³-hybridized carbons (Fsp3) is 0.630. The van der Waals surface area contributed by atoms with Gasteiger partial charge < -0.3 is 32.9 Å². The Kier molecular flexibility index (Phi) is 11.2. The number of likely N-dealkylation sites (tertiary alicyclic amines) is 1. The molecule has 0 aliphatic carbocycles. The third kappa shape index (κ3) is 7.29. The highest BCUT2D eigenvalue weighted by atomic mass is 16.3. The SMILES string of the molecule is CC.CCCCC(CCN)CN1CC2(C1)CN(C(/C=C(\N)c1ccccc1O)=C(N)N)CCN2C. The van der Waals surface area contributed by atoms with Gasteiger partial charge in [0.25, 0.3) is 0 Å². The Balaban J connectivity index is 0.00000210. The zero-order valence-electron chi connectivity index (χ0n) is 22.3. The van der Waals surface area contributed by atoms with Gasteiger partial charge in [-0.05, 0) is 50.6 Å². The lowest BCUT2D eigenvalue weighted by atomic mass is 9.83. The third-order valence-electron chi connectivity index (χ3n) is 7.24. The number of para-hydroxylation sites is 1. The summed E-state index contributed by atoms with van der Waals surface area (Å²) in [6.45, 7) is 12.8. The maximum atomic E-state index is 10.2. The Morgan fingerprint density at radius 3 is 2.37 bits per heavy atom. The molecule has 2 aliphatic heterocycles. The van der Waals surface area contributed by atoms with Crippen LogP contribution in [-0.2, 0) is 0 Å². The van der Waals surface area contributed by atoms with Crippen molar-refractivity contribution < 1.29 is 5.11 Å². The molecule has 2 fully saturated rings. The third-order valence-corrected chi connectivity index (χ3v) is 7.24. The van der Waals surface area contributed by atoms with Gasteiger partial charge in [0, 0.05) is 50.5 Å². The number of nitrogens with two attached hydrogens (primary N) is 4. The van der Waals surface area contributed by atoms with Crippen LogP contribution in [0.15, 0.2) is 41.9 Å². The summed E-state index contributed by atoms with van der Waals surface area (Å²) < 4.78 is 0. The first-order valence-electron chi connectivity index (χ1n) is 13.2. The Morgan fingerprint density at radius 2 is 1.77 bits per heavy atom. The van der Waals surface area contributed by atoms with Crippen molar-refractivity contribution in [2.45, 2.75) is 52.0 Å². The van der Waals surface area contributed by atoms with Crippen LogP contribution in [0, 0.1) is 5.92 Å². The molecule has 0 aromatic heterocycles. The molecule has 0 amide bonds. The van der Waals surface area contributed by atoms with Crippen LogP contribution in [0.25, 0.3) is 5.70 Å². The number of hydrogen-bond acceptors (Lipinski definition) is 8. The second-order valence-electron chi connectivity index (χ2n) is 9.78. The highest BCUT2D eigenvalue weighted by molar-refractivity contribution is 5.69. The molecule has 35 heavy (non-hydrogen) atoms. The van der Waals surface area contributed by atoms with Gasteiger partial charge in [0.15, 0.2) is 0 Å². The van der Waals surface area contributed by atoms with E-state index in [1.54, 1.807) is 24.3 Å². The van der Waals surface area contributed by atoms with Crippen molar-refractivity contribution in [3.63, 3.8) is 0 Å². The molecule has 1 unspecified atom stereocenters. The van der Waals surface area contributed by atoms with E-state index in [0.717, 1.165) is 57.9 Å². The fourth-order valence-electron chi connectivity index (χ4n) is 5.25. The van der Waals surface area contributed by atoms with Crippen LogP contribution < -0.4 is 22.9 Å². The fourth-order valence-corrected chi connectivity index (χ4v) is 5.25. The molecule has 8 heteroatoms. The molecule has 0 saturated carbocycles. The molecule has 8 nitrogen and oxygen atoms in total. The van der Waals surface area contributed by atoms with E-state index in [4.69, 9.17) is 22.9 Å². The number of unbranched alkanes of at least 4 members (excludes halogenated alkanes) is 1. The summed E-state index contributed by atoms with van der Waals surface area (Å²) in [5.74, 6) is 1.06. The van der Waals surface area contributed by atoms with E-state index in [1.165, 1.54) is 19.3 Å². The van der Waals surface area contributed by atoms with Gasteiger partial charge >= 0.3 is 0 Å². The van der Waals surface area contributed by atoms with Crippen LogP contribution in [0.2, 0.25) is 0 Å². The van der Waals surface area contributed by atoms with E-state index in [-0.39, 0.29) is 17.1 Å². The number of hydrogen-bond donors (Lipinski definition) is 5. The first-order valence-corrected chi connectivity index (χ1v) is 13.2. The Labute approximate surface area is 212 Å². The average molecular weight is 488 g/mol. The molecule has 1 spiro atoms. The van der Waals surface area contributed by atoms with Crippen molar-refractivity contribution in [3.8, 4) is 5.75 Å². The van der Waals surface area contributed by atoms with Crippen molar-refractivity contribution in [2.75, 3.05) is 52.9 Å². The van der Waals surface area contributed by atoms with Gasteiger partial charge in [-0.1, -0.05) is 45.7 Å². The first-order chi connectivity index (χ1) is 16.8. The average Bonchev–Trinajstić information content (AvgIpc) is 2.82. The Hall–Kier alpha value is -2.42. The van der Waals surface area contributed by atoms with Crippen LogP contribution in [0.4, 0.5) is 0 Å². The molecule has 2 saturated heterocycles. The summed E-state index contributed by atoms with van der Waals surface area (Å²) in [6, 6.07) is 7.03. The standard InChI is InChI=1S/C25H43N7O.C2H6/c1-3-4-7-19(10-11-26)15-31-16-25(17-31)18-32(13-12-30(25)2)22(24(28)29)14-21(27)20-8-5-6-9-23(20)33;1-2/h5-6,8-9,14,19,33H,3-4,7,10-13,15-18,26-29H2,1-2H3;1-2H3/b21-14-;. The molecule has 2 aliphatic rings. The van der Waals surface area contributed by atoms with Gasteiger partial charge in [0.05, 0.1) is 11.2 Å². The number of aromatic hydroxyl groups is 1. The molecule has 2 heterocycles. The number of rotatable bonds is 10. The van der Waals surface area contributed by atoms with E-state index in [2.05, 4.69) is 28.7 Å². The molecule has 0 bridgehead atoms. The summed E-state index contributed by atoms with van der Waals surface area (Å²) in [7, 11) is 2.21. The maximum Gasteiger partial charge on any atom is 0.124 e. The van der Waals surface area contributed by atoms with E-state index in [0.29, 0.717) is 17.2 Å². The van der Waals surface area contributed by atoms with Crippen LogP contribution >= 0.6 is 0 Å². The van der Waals surface area contributed by atoms with Crippen molar-refractivity contribution in [3.05, 3.63) is 47.4 Å². The number of allylic oxidation sites excluding steroid dienone is 1. The maximum absolute atomic E-state index is 10.2. The minimum Gasteiger partial charge on any atom is -0.507 e. The summed E-state index contributed by atoms with van der Waals surface area (Å²) >= 11 is 0. The number of piperazine rings is 1. The van der Waals surface area contributed by atoms with Gasteiger partial charge in [-0.25, -0.2) is 0 Å². The summed E-state index contributed by atoms with van der Waals surface area (Å²) in [5.41, 5.74) is 26.2. The topological polar surface area (TPSA) is 134 Å². The van der Waals surface area contributed by atoms with Crippen LogP contribution in [0.1, 0.15) is 52.0 Å². The van der Waals surface area contributed by atoms with Gasteiger partial charge in [-0.2, -0.15) is 0 Å². The molecule has 1 aromatic carbocycles. The van der Waals surface area contributed by atoms with Gasteiger partial charge in [0.1, 0.15) is 11.6 Å². The Bertz CT molecular complexity index is 844. The van der Waals surface area contributed by atoms with Crippen LogP contribution in [0.3, 0.4) is 0 Å². The number of nitrogens with zero attached hydrogens (tertiary/aromatic N) is 3. The van der Waals surface area contributed by atoms with E-state index in [9.17, 15) is 5.11 Å². The quantitative estimate of drug-likeness (QED) is 0.317. The lowest BCUT2D eigenvalue weighted by molar-refractivity contribution is -0.0863. The lowest BCUT2D eigenvalue weighted by Gasteiger charge is -2.60. The molecule has 198 valence electrons. The minimum absolute atomic E-state index is 0.0778. The minimum atomic E-state index is 0.0778. The molecule has 9 N–H and O–H groups in total. The van der Waals surface area contributed by atoms with Crippen molar-refractivity contribution in [1.82, 2.24) is 14.7 Å². The molecule has 0 radical (unpaired) electrons. The predicted octanol–water partition coefficient (Wildman–Crippen LogP) is 2.26. The van der Waals surface area contributed by atoms with Gasteiger partial charge in [0.2, 0.25) is 0 Å². The molecular weight excluding hydrogens is 438 g/mol. The highest BCUT2D eigenvalue weighted by Gasteiger charge is 2.49. The summed E-state index contributed by atoms with van der Waals surface area (Å²) in [5, 5.41) is 10.2. The largest absolute Gasteiger partial charge is 0.507 e. The molecule has 1 aromatic rings. The smallest absolute Gasteiger partial charge is 0.124 e. The lowest BCUT2D eigenvalue weighted by Crippen LogP contribution is -2.76. The van der Waals surface area contributed by atoms with E-state index < -0.39 is 0 Å². The van der Waals surface area contributed by atoms with E-state index >= 15 is 0 Å².